The van der Waals surface area contributed by atoms with Crippen molar-refractivity contribution >= 4 is 33.4 Å². The molecule has 266 valence electrons. The van der Waals surface area contributed by atoms with Gasteiger partial charge < -0.3 is 20.1 Å². The van der Waals surface area contributed by atoms with Gasteiger partial charge in [-0.25, -0.2) is 0 Å². The van der Waals surface area contributed by atoms with Crippen LogP contribution in [0.4, 0.5) is 0 Å². The van der Waals surface area contributed by atoms with Crippen molar-refractivity contribution in [2.45, 2.75) is 52.4 Å². The van der Waals surface area contributed by atoms with E-state index in [0.717, 1.165) is 77.1 Å². The van der Waals surface area contributed by atoms with Crippen molar-refractivity contribution in [3.8, 4) is 33.8 Å². The molecule has 2 N–H and O–H groups in total. The monoisotopic (exact) mass is 692 g/mol. The Morgan fingerprint density at radius 3 is 1.73 bits per heavy atom. The number of hydrogen-bond donors (Lipinski definition) is 2. The summed E-state index contributed by atoms with van der Waals surface area (Å²) in [5.41, 5.74) is 7.04. The third-order valence-corrected chi connectivity index (χ3v) is 9.35. The molecular formula is C46H48N2O4. The molecule has 6 heteroatoms. The van der Waals surface area contributed by atoms with E-state index in [1.807, 2.05) is 12.1 Å². The zero-order valence-corrected chi connectivity index (χ0v) is 30.3. The van der Waals surface area contributed by atoms with Crippen LogP contribution >= 0.6 is 0 Å². The maximum absolute atomic E-state index is 11.6. The summed E-state index contributed by atoms with van der Waals surface area (Å²) in [5, 5.41) is 10.5. The van der Waals surface area contributed by atoms with Crippen LogP contribution in [0.5, 0.6) is 11.5 Å². The minimum absolute atomic E-state index is 0.0188. The van der Waals surface area contributed by atoms with Crippen molar-refractivity contribution in [3.63, 3.8) is 0 Å². The molecule has 0 aliphatic carbocycles. The normalized spacial score (nSPS) is 11.0. The van der Waals surface area contributed by atoms with Gasteiger partial charge in [-0.15, -0.1) is 0 Å². The number of fused-ring (bicyclic) bond motifs is 2. The summed E-state index contributed by atoms with van der Waals surface area (Å²) in [5.74, 6) is 1.71. The Morgan fingerprint density at radius 1 is 0.519 bits per heavy atom. The molecule has 0 heterocycles. The number of carbonyl (C=O) groups is 2. The van der Waals surface area contributed by atoms with Crippen LogP contribution in [0.15, 0.2) is 121 Å². The predicted molar refractivity (Wildman–Crippen MR) is 213 cm³/mol. The van der Waals surface area contributed by atoms with E-state index in [4.69, 9.17) is 9.47 Å². The SMILES string of the molecule is CC(=O)NCCc1cc(-c2ccccc2)cc2ccc(OCCCCCCOc3cccc4cc(-c5ccccc5)cc(CCNC(C)=O)c34)cc12. The van der Waals surface area contributed by atoms with Crippen LogP contribution in [-0.4, -0.2) is 38.1 Å². The van der Waals surface area contributed by atoms with Gasteiger partial charge in [0.05, 0.1) is 13.2 Å². The second kappa shape index (κ2) is 18.0. The van der Waals surface area contributed by atoms with Gasteiger partial charge in [0.15, 0.2) is 0 Å². The van der Waals surface area contributed by atoms with Gasteiger partial charge in [-0.3, -0.25) is 9.59 Å². The lowest BCUT2D eigenvalue weighted by molar-refractivity contribution is -0.119. The third-order valence-electron chi connectivity index (χ3n) is 9.35. The van der Waals surface area contributed by atoms with Crippen molar-refractivity contribution in [1.82, 2.24) is 10.6 Å². The molecule has 0 bridgehead atoms. The van der Waals surface area contributed by atoms with E-state index in [0.29, 0.717) is 26.3 Å². The number of amides is 2. The molecule has 0 aliphatic rings. The second-order valence-corrected chi connectivity index (χ2v) is 13.3. The maximum Gasteiger partial charge on any atom is 0.216 e. The summed E-state index contributed by atoms with van der Waals surface area (Å²) in [7, 11) is 0. The Balaban J connectivity index is 1.03. The topological polar surface area (TPSA) is 76.7 Å². The minimum Gasteiger partial charge on any atom is -0.494 e. The smallest absolute Gasteiger partial charge is 0.216 e. The highest BCUT2D eigenvalue weighted by Gasteiger charge is 2.12. The van der Waals surface area contributed by atoms with Crippen LogP contribution in [-0.2, 0) is 22.4 Å². The summed E-state index contributed by atoms with van der Waals surface area (Å²) in [6.45, 7) is 5.57. The zero-order chi connectivity index (χ0) is 36.1. The molecule has 6 nitrogen and oxygen atoms in total. The predicted octanol–water partition coefficient (Wildman–Crippen LogP) is 9.70. The molecule has 0 spiro atoms. The lowest BCUT2D eigenvalue weighted by Crippen LogP contribution is -2.22. The van der Waals surface area contributed by atoms with Gasteiger partial charge in [-0.2, -0.15) is 0 Å². The molecule has 0 saturated heterocycles. The zero-order valence-electron chi connectivity index (χ0n) is 30.3. The average Bonchev–Trinajstić information content (AvgIpc) is 3.16. The van der Waals surface area contributed by atoms with Gasteiger partial charge in [0, 0.05) is 32.3 Å². The maximum atomic E-state index is 11.6. The largest absolute Gasteiger partial charge is 0.494 e. The van der Waals surface area contributed by atoms with Crippen LogP contribution in [0.2, 0.25) is 0 Å². The molecule has 0 unspecified atom stereocenters. The van der Waals surface area contributed by atoms with E-state index < -0.39 is 0 Å². The number of ether oxygens (including phenoxy) is 2. The Kier molecular flexibility index (Phi) is 12.6. The molecule has 0 aromatic heterocycles. The quantitative estimate of drug-likeness (QED) is 0.0934. The molecule has 6 aromatic rings. The van der Waals surface area contributed by atoms with Crippen molar-refractivity contribution in [1.29, 1.82) is 0 Å². The van der Waals surface area contributed by atoms with E-state index in [2.05, 4.69) is 120 Å². The lowest BCUT2D eigenvalue weighted by Gasteiger charge is -2.16. The van der Waals surface area contributed by atoms with Gasteiger partial charge in [-0.05, 0) is 118 Å². The molecule has 0 atom stereocenters. The minimum atomic E-state index is -0.0235. The number of nitrogens with one attached hydrogen (secondary N) is 2. The Bertz CT molecular complexity index is 2110. The first kappa shape index (κ1) is 36.2. The Morgan fingerprint density at radius 2 is 1.10 bits per heavy atom. The Labute approximate surface area is 307 Å². The van der Waals surface area contributed by atoms with E-state index in [-0.39, 0.29) is 11.8 Å². The van der Waals surface area contributed by atoms with Gasteiger partial charge in [-0.1, -0.05) is 91.0 Å². The highest BCUT2D eigenvalue weighted by Crippen LogP contribution is 2.35. The fourth-order valence-corrected chi connectivity index (χ4v) is 6.78. The number of rotatable bonds is 17. The molecule has 0 saturated carbocycles. The van der Waals surface area contributed by atoms with E-state index in [9.17, 15) is 9.59 Å². The first-order valence-electron chi connectivity index (χ1n) is 18.4. The van der Waals surface area contributed by atoms with Crippen molar-refractivity contribution in [3.05, 3.63) is 132 Å². The lowest BCUT2D eigenvalue weighted by atomic mass is 9.94. The summed E-state index contributed by atoms with van der Waals surface area (Å²) in [6.07, 6.45) is 5.49. The van der Waals surface area contributed by atoms with Crippen LogP contribution in [0.3, 0.4) is 0 Å². The number of carbonyl (C=O) groups excluding carboxylic acids is 2. The highest BCUT2D eigenvalue weighted by atomic mass is 16.5. The third kappa shape index (κ3) is 9.79. The summed E-state index contributed by atoms with van der Waals surface area (Å²) < 4.78 is 12.6. The van der Waals surface area contributed by atoms with Crippen molar-refractivity contribution in [2.75, 3.05) is 26.3 Å². The summed E-state index contributed by atoms with van der Waals surface area (Å²) >= 11 is 0. The molecule has 0 radical (unpaired) electrons. The molecule has 6 rings (SSSR count). The van der Waals surface area contributed by atoms with Crippen LogP contribution < -0.4 is 20.1 Å². The number of benzene rings is 6. The molecule has 6 aromatic carbocycles. The van der Waals surface area contributed by atoms with Gasteiger partial charge in [0.2, 0.25) is 11.8 Å². The van der Waals surface area contributed by atoms with Gasteiger partial charge in [0.1, 0.15) is 11.5 Å². The molecule has 52 heavy (non-hydrogen) atoms. The fourth-order valence-electron chi connectivity index (χ4n) is 6.78. The van der Waals surface area contributed by atoms with Gasteiger partial charge in [0.25, 0.3) is 0 Å². The van der Waals surface area contributed by atoms with E-state index in [1.54, 1.807) is 13.8 Å². The molecule has 0 fully saturated rings. The average molecular weight is 693 g/mol. The van der Waals surface area contributed by atoms with E-state index >= 15 is 0 Å². The Hall–Kier alpha value is -5.62. The molecule has 2 amide bonds. The standard InChI is InChI=1S/C46H48N2O4/c1-33(49)47-24-22-38-29-41(35-14-7-5-8-15-35)28-37-20-21-43(32-44(37)38)51-26-11-3-4-12-27-52-45-19-13-18-39-30-42(36-16-9-6-10-17-36)31-40(46(39)45)23-25-48-34(2)50/h5-10,13-21,28-32H,3-4,11-12,22-27H2,1-2H3,(H,47,49)(H,48,50). The highest BCUT2D eigenvalue weighted by molar-refractivity contribution is 5.95. The molecular weight excluding hydrogens is 645 g/mol. The summed E-state index contributed by atoms with van der Waals surface area (Å²) in [6, 6.07) is 42.3. The van der Waals surface area contributed by atoms with Crippen LogP contribution in [0.25, 0.3) is 43.8 Å². The van der Waals surface area contributed by atoms with Crippen molar-refractivity contribution < 1.29 is 19.1 Å². The van der Waals surface area contributed by atoms with Gasteiger partial charge >= 0.3 is 0 Å². The first-order chi connectivity index (χ1) is 25.4. The summed E-state index contributed by atoms with van der Waals surface area (Å²) in [4.78, 5) is 23.1. The number of hydrogen-bond acceptors (Lipinski definition) is 4. The molecule has 0 aliphatic heterocycles. The number of unbranched alkanes of at least 4 members (excludes halogenated alkanes) is 3. The van der Waals surface area contributed by atoms with Crippen LogP contribution in [0, 0.1) is 0 Å². The fraction of sp³-hybridized carbons (Fsp3) is 0.261. The van der Waals surface area contributed by atoms with E-state index in [1.165, 1.54) is 27.8 Å². The van der Waals surface area contributed by atoms with Crippen LogP contribution in [0.1, 0.15) is 50.7 Å². The first-order valence-corrected chi connectivity index (χ1v) is 18.4. The van der Waals surface area contributed by atoms with Crippen molar-refractivity contribution in [2.24, 2.45) is 0 Å². The second-order valence-electron chi connectivity index (χ2n) is 13.3.